The third kappa shape index (κ3) is 5.21. The maximum atomic E-state index is 12.6. The number of rotatable bonds is 8. The van der Waals surface area contributed by atoms with Gasteiger partial charge in [-0.3, -0.25) is 9.59 Å². The van der Waals surface area contributed by atoms with Crippen LogP contribution in [0.25, 0.3) is 0 Å². The van der Waals surface area contributed by atoms with Crippen LogP contribution >= 0.6 is 0 Å². The fourth-order valence-electron chi connectivity index (χ4n) is 4.39. The molecule has 1 aliphatic heterocycles. The van der Waals surface area contributed by atoms with Crippen molar-refractivity contribution in [3.8, 4) is 0 Å². The zero-order valence-corrected chi connectivity index (χ0v) is 18.6. The fourth-order valence-corrected chi connectivity index (χ4v) is 5.90. The van der Waals surface area contributed by atoms with E-state index in [2.05, 4.69) is 10.6 Å². The number of carbonyl (C=O) groups excluding carboxylic acids is 2. The maximum Gasteiger partial charge on any atom is 0.245 e. The van der Waals surface area contributed by atoms with Crippen LogP contribution in [0.5, 0.6) is 0 Å². The molecule has 2 N–H and O–H groups in total. The quantitative estimate of drug-likeness (QED) is 0.655. The van der Waals surface area contributed by atoms with Gasteiger partial charge in [-0.05, 0) is 56.7 Å². The number of nitrogens with one attached hydrogen (secondary N) is 2. The summed E-state index contributed by atoms with van der Waals surface area (Å²) in [7, 11) is -3.42. The smallest absolute Gasteiger partial charge is 0.245 e. The lowest BCUT2D eigenvalue weighted by atomic mass is 9.80. The van der Waals surface area contributed by atoms with E-state index in [0.717, 1.165) is 37.7 Å². The van der Waals surface area contributed by atoms with Gasteiger partial charge in [0.25, 0.3) is 0 Å². The van der Waals surface area contributed by atoms with Gasteiger partial charge in [0.1, 0.15) is 5.54 Å². The highest BCUT2D eigenvalue weighted by Crippen LogP contribution is 2.29. The van der Waals surface area contributed by atoms with Gasteiger partial charge in [-0.2, -0.15) is 4.31 Å². The highest BCUT2D eigenvalue weighted by molar-refractivity contribution is 7.89. The van der Waals surface area contributed by atoms with Gasteiger partial charge in [0, 0.05) is 26.1 Å². The van der Waals surface area contributed by atoms with E-state index >= 15 is 0 Å². The third-order valence-electron chi connectivity index (χ3n) is 6.12. The summed E-state index contributed by atoms with van der Waals surface area (Å²) in [5, 5.41) is 5.87. The van der Waals surface area contributed by atoms with Gasteiger partial charge in [0.15, 0.2) is 0 Å². The Labute approximate surface area is 179 Å². The van der Waals surface area contributed by atoms with Crippen LogP contribution in [-0.4, -0.2) is 49.7 Å². The van der Waals surface area contributed by atoms with Crippen molar-refractivity contribution in [2.75, 3.05) is 19.6 Å². The lowest BCUT2D eigenvalue weighted by Gasteiger charge is -2.36. The molecule has 1 aromatic rings. The second kappa shape index (κ2) is 9.92. The first-order valence-electron chi connectivity index (χ1n) is 11.1. The zero-order chi connectivity index (χ0) is 21.6. The van der Waals surface area contributed by atoms with Crippen molar-refractivity contribution in [3.63, 3.8) is 0 Å². The Balaban J connectivity index is 1.58. The summed E-state index contributed by atoms with van der Waals surface area (Å²) in [6.45, 7) is 3.59. The highest BCUT2D eigenvalue weighted by atomic mass is 32.2. The molecule has 3 rings (SSSR count). The molecule has 1 aliphatic carbocycles. The van der Waals surface area contributed by atoms with Crippen molar-refractivity contribution in [2.45, 2.75) is 75.1 Å². The second-order valence-electron chi connectivity index (χ2n) is 8.31. The van der Waals surface area contributed by atoms with Gasteiger partial charge in [-0.15, -0.1) is 0 Å². The first kappa shape index (κ1) is 22.7. The van der Waals surface area contributed by atoms with Gasteiger partial charge < -0.3 is 10.6 Å². The van der Waals surface area contributed by atoms with E-state index in [1.807, 2.05) is 6.92 Å². The normalized spacial score (nSPS) is 19.4. The molecule has 7 nitrogen and oxygen atoms in total. The van der Waals surface area contributed by atoms with Crippen LogP contribution in [0.3, 0.4) is 0 Å². The van der Waals surface area contributed by atoms with Gasteiger partial charge >= 0.3 is 0 Å². The standard InChI is InChI=1S/C22H33N3O4S/c1-2-23-21(27)22(14-4-3-5-15-22)24-20(26)13-10-18-8-11-19(12-9-18)30(28,29)25-16-6-7-17-25/h8-9,11-12H,2-7,10,13-17H2,1H3,(H,23,27)(H,24,26). The molecule has 0 aromatic heterocycles. The van der Waals surface area contributed by atoms with Crippen LogP contribution in [0.2, 0.25) is 0 Å². The minimum Gasteiger partial charge on any atom is -0.354 e. The number of hydrogen-bond donors (Lipinski definition) is 2. The molecule has 30 heavy (non-hydrogen) atoms. The Morgan fingerprint density at radius 2 is 1.63 bits per heavy atom. The molecule has 2 amide bonds. The molecule has 0 atom stereocenters. The molecule has 2 aliphatic rings. The molecule has 2 fully saturated rings. The molecule has 1 saturated carbocycles. The minimum absolute atomic E-state index is 0.0884. The van der Waals surface area contributed by atoms with Gasteiger partial charge in [0.05, 0.1) is 4.90 Å². The first-order valence-corrected chi connectivity index (χ1v) is 12.5. The van der Waals surface area contributed by atoms with Crippen molar-refractivity contribution in [2.24, 2.45) is 0 Å². The molecule has 0 spiro atoms. The summed E-state index contributed by atoms with van der Waals surface area (Å²) in [4.78, 5) is 25.5. The van der Waals surface area contributed by atoms with Crippen molar-refractivity contribution >= 4 is 21.8 Å². The van der Waals surface area contributed by atoms with E-state index in [4.69, 9.17) is 0 Å². The molecule has 1 aromatic carbocycles. The zero-order valence-electron chi connectivity index (χ0n) is 17.8. The highest BCUT2D eigenvalue weighted by Gasteiger charge is 2.40. The van der Waals surface area contributed by atoms with Crippen LogP contribution in [0.15, 0.2) is 29.2 Å². The largest absolute Gasteiger partial charge is 0.354 e. The molecular formula is C22H33N3O4S. The molecular weight excluding hydrogens is 402 g/mol. The Morgan fingerprint density at radius 1 is 1.00 bits per heavy atom. The van der Waals surface area contributed by atoms with E-state index < -0.39 is 15.6 Å². The van der Waals surface area contributed by atoms with Crippen LogP contribution < -0.4 is 10.6 Å². The number of aryl methyl sites for hydroxylation is 1. The van der Waals surface area contributed by atoms with Crippen LogP contribution in [0, 0.1) is 0 Å². The Bertz CT molecular complexity index is 840. The third-order valence-corrected chi connectivity index (χ3v) is 8.04. The van der Waals surface area contributed by atoms with Crippen molar-refractivity contribution in [1.82, 2.24) is 14.9 Å². The van der Waals surface area contributed by atoms with E-state index in [0.29, 0.717) is 43.8 Å². The molecule has 166 valence electrons. The number of carbonyl (C=O) groups is 2. The number of likely N-dealkylation sites (N-methyl/N-ethyl adjacent to an activating group) is 1. The number of amides is 2. The number of nitrogens with zero attached hydrogens (tertiary/aromatic N) is 1. The topological polar surface area (TPSA) is 95.6 Å². The van der Waals surface area contributed by atoms with E-state index in [1.165, 1.54) is 4.31 Å². The van der Waals surface area contributed by atoms with Crippen molar-refractivity contribution < 1.29 is 18.0 Å². The average Bonchev–Trinajstić information content (AvgIpc) is 3.29. The summed E-state index contributed by atoms with van der Waals surface area (Å²) in [6, 6.07) is 6.79. The van der Waals surface area contributed by atoms with Crippen molar-refractivity contribution in [1.29, 1.82) is 0 Å². The minimum atomic E-state index is -3.42. The fraction of sp³-hybridized carbons (Fsp3) is 0.636. The predicted molar refractivity (Wildman–Crippen MR) is 115 cm³/mol. The number of hydrogen-bond acceptors (Lipinski definition) is 4. The summed E-state index contributed by atoms with van der Waals surface area (Å²) >= 11 is 0. The SMILES string of the molecule is CCNC(=O)C1(NC(=O)CCc2ccc(S(=O)(=O)N3CCCC3)cc2)CCCCC1. The van der Waals surface area contributed by atoms with Crippen molar-refractivity contribution in [3.05, 3.63) is 29.8 Å². The Hall–Kier alpha value is -1.93. The molecule has 0 unspecified atom stereocenters. The van der Waals surface area contributed by atoms with Gasteiger partial charge in [-0.25, -0.2) is 8.42 Å². The number of benzene rings is 1. The molecule has 8 heteroatoms. The van der Waals surface area contributed by atoms with Crippen LogP contribution in [0.1, 0.15) is 63.9 Å². The molecule has 1 saturated heterocycles. The predicted octanol–water partition coefficient (Wildman–Crippen LogP) is 2.36. The summed E-state index contributed by atoms with van der Waals surface area (Å²) in [5.74, 6) is -0.230. The lowest BCUT2D eigenvalue weighted by Crippen LogP contribution is -2.59. The molecule has 0 bridgehead atoms. The Morgan fingerprint density at radius 3 is 2.23 bits per heavy atom. The van der Waals surface area contributed by atoms with E-state index in [1.54, 1.807) is 24.3 Å². The second-order valence-corrected chi connectivity index (χ2v) is 10.2. The Kier molecular flexibility index (Phi) is 7.52. The van der Waals surface area contributed by atoms with E-state index in [9.17, 15) is 18.0 Å². The van der Waals surface area contributed by atoms with Crippen LogP contribution in [0.4, 0.5) is 0 Å². The first-order chi connectivity index (χ1) is 14.4. The summed E-state index contributed by atoms with van der Waals surface area (Å²) in [6.07, 6.45) is 6.88. The monoisotopic (exact) mass is 435 g/mol. The summed E-state index contributed by atoms with van der Waals surface area (Å²) in [5.41, 5.74) is 0.111. The lowest BCUT2D eigenvalue weighted by molar-refractivity contribution is -0.135. The van der Waals surface area contributed by atoms with Crippen LogP contribution in [-0.2, 0) is 26.0 Å². The van der Waals surface area contributed by atoms with Gasteiger partial charge in [-0.1, -0.05) is 31.4 Å². The maximum absolute atomic E-state index is 12.6. The number of sulfonamides is 1. The van der Waals surface area contributed by atoms with E-state index in [-0.39, 0.29) is 18.2 Å². The average molecular weight is 436 g/mol. The molecule has 1 heterocycles. The summed E-state index contributed by atoms with van der Waals surface area (Å²) < 4.78 is 26.7. The van der Waals surface area contributed by atoms with Gasteiger partial charge in [0.2, 0.25) is 21.8 Å². The molecule has 0 radical (unpaired) electrons.